The Kier molecular flexibility index (Phi) is 5.05. The summed E-state index contributed by atoms with van der Waals surface area (Å²) in [6.07, 6.45) is 0.999. The molecule has 2 N–H and O–H groups in total. The Bertz CT molecular complexity index is 583. The number of nitrogens with one attached hydrogen (secondary N) is 1. The molecule has 0 fully saturated rings. The van der Waals surface area contributed by atoms with Gasteiger partial charge in [0.05, 0.1) is 5.02 Å². The fraction of sp³-hybridized carbons (Fsp3) is 0.294. The molecule has 0 aliphatic rings. The van der Waals surface area contributed by atoms with Gasteiger partial charge in [-0.3, -0.25) is 0 Å². The lowest BCUT2D eigenvalue weighted by atomic mass is 10.0. The first-order valence-electron chi connectivity index (χ1n) is 6.81. The quantitative estimate of drug-likeness (QED) is 0.869. The minimum atomic E-state index is 0.128. The van der Waals surface area contributed by atoms with Crippen molar-refractivity contribution >= 4 is 11.6 Å². The smallest absolute Gasteiger partial charge is 0.134 e. The van der Waals surface area contributed by atoms with E-state index in [4.69, 9.17) is 11.6 Å². The van der Waals surface area contributed by atoms with Gasteiger partial charge in [-0.05, 0) is 49.1 Å². The van der Waals surface area contributed by atoms with Gasteiger partial charge in [0.25, 0.3) is 0 Å². The van der Waals surface area contributed by atoms with E-state index >= 15 is 0 Å². The summed E-state index contributed by atoms with van der Waals surface area (Å²) in [5.74, 6) is 0.128. The zero-order chi connectivity index (χ0) is 14.5. The molecule has 0 spiro atoms. The SMILES string of the molecule is Cc1ccccc1CC(C)NCc1ccc(O)c(Cl)c1. The summed E-state index contributed by atoms with van der Waals surface area (Å²) < 4.78 is 0. The number of aromatic hydroxyl groups is 1. The van der Waals surface area contributed by atoms with Crippen LogP contribution in [-0.4, -0.2) is 11.1 Å². The van der Waals surface area contributed by atoms with Gasteiger partial charge >= 0.3 is 0 Å². The molecule has 3 heteroatoms. The maximum atomic E-state index is 9.39. The van der Waals surface area contributed by atoms with E-state index in [0.717, 1.165) is 18.5 Å². The molecule has 0 aromatic heterocycles. The Hall–Kier alpha value is -1.51. The van der Waals surface area contributed by atoms with E-state index < -0.39 is 0 Å². The summed E-state index contributed by atoms with van der Waals surface area (Å²) in [5.41, 5.74) is 3.77. The maximum Gasteiger partial charge on any atom is 0.134 e. The zero-order valence-electron chi connectivity index (χ0n) is 11.9. The molecule has 0 bridgehead atoms. The molecule has 0 radical (unpaired) electrons. The van der Waals surface area contributed by atoms with E-state index in [-0.39, 0.29) is 5.75 Å². The summed E-state index contributed by atoms with van der Waals surface area (Å²) in [6, 6.07) is 14.1. The number of rotatable bonds is 5. The number of halogens is 1. The van der Waals surface area contributed by atoms with Crippen molar-refractivity contribution in [2.45, 2.75) is 32.9 Å². The first-order chi connectivity index (χ1) is 9.56. The highest BCUT2D eigenvalue weighted by molar-refractivity contribution is 6.32. The Morgan fingerprint density at radius 2 is 1.95 bits per heavy atom. The van der Waals surface area contributed by atoms with Gasteiger partial charge in [0, 0.05) is 12.6 Å². The van der Waals surface area contributed by atoms with Gasteiger partial charge in [-0.1, -0.05) is 41.9 Å². The highest BCUT2D eigenvalue weighted by Gasteiger charge is 2.06. The van der Waals surface area contributed by atoms with Crippen LogP contribution in [0.1, 0.15) is 23.6 Å². The number of benzene rings is 2. The van der Waals surface area contributed by atoms with E-state index in [9.17, 15) is 5.11 Å². The fourth-order valence-corrected chi connectivity index (χ4v) is 2.40. The van der Waals surface area contributed by atoms with E-state index in [1.807, 2.05) is 6.07 Å². The molecule has 2 rings (SSSR count). The van der Waals surface area contributed by atoms with Crippen LogP contribution >= 0.6 is 11.6 Å². The summed E-state index contributed by atoms with van der Waals surface area (Å²) in [4.78, 5) is 0. The average Bonchev–Trinajstić information content (AvgIpc) is 2.43. The molecule has 0 amide bonds. The Morgan fingerprint density at radius 1 is 1.20 bits per heavy atom. The van der Waals surface area contributed by atoms with E-state index in [1.54, 1.807) is 12.1 Å². The third kappa shape index (κ3) is 3.99. The Labute approximate surface area is 125 Å². The van der Waals surface area contributed by atoms with Gasteiger partial charge in [0.15, 0.2) is 0 Å². The normalized spacial score (nSPS) is 12.3. The lowest BCUT2D eigenvalue weighted by molar-refractivity contribution is 0.475. The lowest BCUT2D eigenvalue weighted by Crippen LogP contribution is -2.27. The predicted molar refractivity (Wildman–Crippen MR) is 84.3 cm³/mol. The van der Waals surface area contributed by atoms with Crippen LogP contribution in [0.5, 0.6) is 5.75 Å². The summed E-state index contributed by atoms with van der Waals surface area (Å²) >= 11 is 5.90. The minimum absolute atomic E-state index is 0.128. The van der Waals surface area contributed by atoms with Crippen LogP contribution in [0.25, 0.3) is 0 Å². The highest BCUT2D eigenvalue weighted by atomic mass is 35.5. The number of aryl methyl sites for hydroxylation is 1. The molecule has 2 aromatic carbocycles. The molecular formula is C17H20ClNO. The van der Waals surface area contributed by atoms with Gasteiger partial charge in [0.2, 0.25) is 0 Å². The molecule has 0 heterocycles. The predicted octanol–water partition coefficient (Wildman–Crippen LogP) is 4.07. The van der Waals surface area contributed by atoms with Crippen LogP contribution in [0.4, 0.5) is 0 Å². The second-order valence-corrected chi connectivity index (χ2v) is 5.61. The first-order valence-corrected chi connectivity index (χ1v) is 7.19. The van der Waals surface area contributed by atoms with Crippen LogP contribution < -0.4 is 5.32 Å². The molecule has 20 heavy (non-hydrogen) atoms. The molecule has 2 aromatic rings. The van der Waals surface area contributed by atoms with Gasteiger partial charge in [-0.25, -0.2) is 0 Å². The van der Waals surface area contributed by atoms with Crippen LogP contribution in [-0.2, 0) is 13.0 Å². The second kappa shape index (κ2) is 6.78. The van der Waals surface area contributed by atoms with Crippen molar-refractivity contribution in [2.75, 3.05) is 0 Å². The van der Waals surface area contributed by atoms with E-state index in [0.29, 0.717) is 11.1 Å². The molecular weight excluding hydrogens is 270 g/mol. The molecule has 0 saturated carbocycles. The summed E-state index contributed by atoms with van der Waals surface area (Å²) in [7, 11) is 0. The van der Waals surface area contributed by atoms with Crippen molar-refractivity contribution in [1.29, 1.82) is 0 Å². The summed E-state index contributed by atoms with van der Waals surface area (Å²) in [6.45, 7) is 5.06. The van der Waals surface area contributed by atoms with Crippen molar-refractivity contribution in [2.24, 2.45) is 0 Å². The molecule has 0 aliphatic carbocycles. The topological polar surface area (TPSA) is 32.3 Å². The Balaban J connectivity index is 1.90. The van der Waals surface area contributed by atoms with Crippen LogP contribution in [0, 0.1) is 6.92 Å². The summed E-state index contributed by atoms with van der Waals surface area (Å²) in [5, 5.41) is 13.3. The number of phenolic OH excluding ortho intramolecular Hbond substituents is 1. The largest absolute Gasteiger partial charge is 0.506 e. The van der Waals surface area contributed by atoms with Gasteiger partial charge < -0.3 is 10.4 Å². The van der Waals surface area contributed by atoms with Crippen molar-refractivity contribution in [3.8, 4) is 5.75 Å². The van der Waals surface area contributed by atoms with Gasteiger partial charge in [-0.2, -0.15) is 0 Å². The zero-order valence-corrected chi connectivity index (χ0v) is 12.6. The fourth-order valence-electron chi connectivity index (χ4n) is 2.19. The third-order valence-corrected chi connectivity index (χ3v) is 3.76. The van der Waals surface area contributed by atoms with Gasteiger partial charge in [0.1, 0.15) is 5.75 Å². The number of hydrogen-bond donors (Lipinski definition) is 2. The van der Waals surface area contributed by atoms with E-state index in [2.05, 4.69) is 43.4 Å². The Morgan fingerprint density at radius 3 is 2.65 bits per heavy atom. The lowest BCUT2D eigenvalue weighted by Gasteiger charge is -2.15. The molecule has 1 atom stereocenters. The monoisotopic (exact) mass is 289 g/mol. The molecule has 0 saturated heterocycles. The second-order valence-electron chi connectivity index (χ2n) is 5.20. The molecule has 106 valence electrons. The minimum Gasteiger partial charge on any atom is -0.506 e. The maximum absolute atomic E-state index is 9.39. The van der Waals surface area contributed by atoms with Crippen molar-refractivity contribution in [3.63, 3.8) is 0 Å². The highest BCUT2D eigenvalue weighted by Crippen LogP contribution is 2.23. The van der Waals surface area contributed by atoms with Gasteiger partial charge in [-0.15, -0.1) is 0 Å². The van der Waals surface area contributed by atoms with Crippen molar-refractivity contribution in [3.05, 3.63) is 64.2 Å². The molecule has 1 unspecified atom stereocenters. The third-order valence-electron chi connectivity index (χ3n) is 3.45. The van der Waals surface area contributed by atoms with E-state index in [1.165, 1.54) is 11.1 Å². The van der Waals surface area contributed by atoms with Crippen LogP contribution in [0.15, 0.2) is 42.5 Å². The average molecular weight is 290 g/mol. The molecule has 2 nitrogen and oxygen atoms in total. The van der Waals surface area contributed by atoms with Crippen molar-refractivity contribution < 1.29 is 5.11 Å². The number of phenols is 1. The number of hydrogen-bond acceptors (Lipinski definition) is 2. The molecule has 0 aliphatic heterocycles. The van der Waals surface area contributed by atoms with Crippen molar-refractivity contribution in [1.82, 2.24) is 5.32 Å². The standard InChI is InChI=1S/C17H20ClNO/c1-12-5-3-4-6-15(12)9-13(2)19-11-14-7-8-17(20)16(18)10-14/h3-8,10,13,19-20H,9,11H2,1-2H3. The van der Waals surface area contributed by atoms with Crippen LogP contribution in [0.3, 0.4) is 0 Å². The van der Waals surface area contributed by atoms with Crippen LogP contribution in [0.2, 0.25) is 5.02 Å². The first kappa shape index (κ1) is 14.9.